The molecule has 0 aliphatic heterocycles. The van der Waals surface area contributed by atoms with Gasteiger partial charge in [-0.2, -0.15) is 0 Å². The highest BCUT2D eigenvalue weighted by Gasteiger charge is 2.21. The molecule has 5 N–H and O–H groups in total. The molecule has 7 nitrogen and oxygen atoms in total. The van der Waals surface area contributed by atoms with E-state index in [1.54, 1.807) is 24.3 Å². The maximum absolute atomic E-state index is 13.1. The molecule has 0 bridgehead atoms. The van der Waals surface area contributed by atoms with Crippen LogP contribution in [0.1, 0.15) is 68.4 Å². The number of amides is 3. The fraction of sp³-hybridized carbons (Fsp3) is 0.375. The van der Waals surface area contributed by atoms with Crippen molar-refractivity contribution in [3.8, 4) is 5.75 Å². The second-order valence-corrected chi connectivity index (χ2v) is 10.2. The summed E-state index contributed by atoms with van der Waals surface area (Å²) in [4.78, 5) is 25.9. The first-order chi connectivity index (χ1) is 19.1. The van der Waals surface area contributed by atoms with Crippen molar-refractivity contribution in [1.82, 2.24) is 5.32 Å². The summed E-state index contributed by atoms with van der Waals surface area (Å²) in [5.41, 5.74) is 9.41. The van der Waals surface area contributed by atoms with Gasteiger partial charge in [-0.3, -0.25) is 4.79 Å². The average Bonchev–Trinajstić information content (AvgIpc) is 2.98. The lowest BCUT2D eigenvalue weighted by Gasteiger charge is -2.22. The fourth-order valence-corrected chi connectivity index (χ4v) is 4.97. The molecule has 3 aromatic rings. The van der Waals surface area contributed by atoms with Crippen LogP contribution in [-0.2, 0) is 11.4 Å². The Morgan fingerprint density at radius 1 is 0.821 bits per heavy atom. The molecular weight excluding hydrogens is 488 g/mol. The number of benzene rings is 3. The number of anilines is 2. The normalized spacial score (nSPS) is 14.3. The molecule has 3 amide bonds. The Morgan fingerprint density at radius 3 is 2.18 bits per heavy atom. The molecule has 206 valence electrons. The van der Waals surface area contributed by atoms with Gasteiger partial charge in [0.25, 0.3) is 0 Å². The van der Waals surface area contributed by atoms with Crippen molar-refractivity contribution in [2.75, 3.05) is 17.2 Å². The lowest BCUT2D eigenvalue weighted by Crippen LogP contribution is -2.45. The minimum atomic E-state index is -0.678. The molecule has 0 aromatic heterocycles. The summed E-state index contributed by atoms with van der Waals surface area (Å²) in [6, 6.07) is 24.1. The predicted molar refractivity (Wildman–Crippen MR) is 157 cm³/mol. The van der Waals surface area contributed by atoms with Gasteiger partial charge in [0.15, 0.2) is 0 Å². The zero-order chi connectivity index (χ0) is 27.3. The van der Waals surface area contributed by atoms with Gasteiger partial charge >= 0.3 is 6.03 Å². The van der Waals surface area contributed by atoms with Crippen LogP contribution in [0.3, 0.4) is 0 Å². The summed E-state index contributed by atoms with van der Waals surface area (Å²) >= 11 is 0. The van der Waals surface area contributed by atoms with Gasteiger partial charge in [-0.25, -0.2) is 4.79 Å². The Bertz CT molecular complexity index is 1160. The van der Waals surface area contributed by atoms with E-state index in [4.69, 9.17) is 10.5 Å². The van der Waals surface area contributed by atoms with E-state index < -0.39 is 12.1 Å². The Morgan fingerprint density at radius 2 is 1.49 bits per heavy atom. The highest BCUT2D eigenvalue weighted by Crippen LogP contribution is 2.33. The number of urea groups is 1. The van der Waals surface area contributed by atoms with E-state index in [-0.39, 0.29) is 5.91 Å². The molecule has 1 saturated carbocycles. The standard InChI is InChI=1S/C32H40N4O3/c33-22-8-7-13-30(31(37)34-27-16-14-26(15-17-27)25-11-5-2-6-12-25)36-32(38)35-28-18-20-29(21-19-28)39-23-24-9-3-1-4-10-24/h1,3-4,9-10,14-21,25,30H,2,5-8,11-13,22-23,33H2,(H,34,37)(H2,35,36,38)/t30-/m0/s1. The van der Waals surface area contributed by atoms with Gasteiger partial charge in [0.05, 0.1) is 0 Å². The number of carbonyl (C=O) groups excluding carboxylic acids is 2. The molecule has 4 rings (SSSR count). The van der Waals surface area contributed by atoms with Crippen molar-refractivity contribution in [3.05, 3.63) is 90.0 Å². The largest absolute Gasteiger partial charge is 0.489 e. The van der Waals surface area contributed by atoms with Crippen LogP contribution < -0.4 is 26.4 Å². The highest BCUT2D eigenvalue weighted by atomic mass is 16.5. The SMILES string of the molecule is NCCCC[C@H](NC(=O)Nc1ccc(OCc2ccccc2)cc1)C(=O)Nc1ccc(C2CCCCC2)cc1. The quantitative estimate of drug-likeness (QED) is 0.200. The van der Waals surface area contributed by atoms with Crippen LogP contribution in [0.5, 0.6) is 5.75 Å². The number of nitrogens with one attached hydrogen (secondary N) is 3. The summed E-state index contributed by atoms with van der Waals surface area (Å²) < 4.78 is 5.81. The monoisotopic (exact) mass is 528 g/mol. The van der Waals surface area contributed by atoms with E-state index in [1.807, 2.05) is 42.5 Å². The number of unbranched alkanes of at least 4 members (excludes halogenated alkanes) is 1. The molecule has 0 heterocycles. The van der Waals surface area contributed by atoms with Gasteiger partial charge < -0.3 is 26.4 Å². The lowest BCUT2D eigenvalue weighted by molar-refractivity contribution is -0.118. The van der Waals surface area contributed by atoms with E-state index in [0.29, 0.717) is 36.9 Å². The first-order valence-electron chi connectivity index (χ1n) is 14.1. The van der Waals surface area contributed by atoms with Gasteiger partial charge in [0, 0.05) is 11.4 Å². The minimum Gasteiger partial charge on any atom is -0.489 e. The molecule has 0 radical (unpaired) electrons. The zero-order valence-electron chi connectivity index (χ0n) is 22.5. The van der Waals surface area contributed by atoms with Crippen LogP contribution in [0.15, 0.2) is 78.9 Å². The average molecular weight is 529 g/mol. The number of hydrogen-bond acceptors (Lipinski definition) is 4. The third-order valence-electron chi connectivity index (χ3n) is 7.18. The van der Waals surface area contributed by atoms with Crippen molar-refractivity contribution in [3.63, 3.8) is 0 Å². The van der Waals surface area contributed by atoms with Crippen LogP contribution in [0, 0.1) is 0 Å². The van der Waals surface area contributed by atoms with E-state index in [0.717, 1.165) is 24.1 Å². The third kappa shape index (κ3) is 9.14. The summed E-state index contributed by atoms with van der Waals surface area (Å²) in [5.74, 6) is 1.08. The molecule has 0 unspecified atom stereocenters. The third-order valence-corrected chi connectivity index (χ3v) is 7.18. The molecule has 1 atom stereocenters. The Labute approximate surface area is 231 Å². The van der Waals surface area contributed by atoms with Crippen LogP contribution in [0.4, 0.5) is 16.2 Å². The topological polar surface area (TPSA) is 105 Å². The summed E-state index contributed by atoms with van der Waals surface area (Å²) in [6.07, 6.45) is 8.39. The number of rotatable bonds is 12. The van der Waals surface area contributed by atoms with Gasteiger partial charge in [0.2, 0.25) is 5.91 Å². The Hall–Kier alpha value is -3.84. The first kappa shape index (κ1) is 28.2. The molecule has 0 spiro atoms. The smallest absolute Gasteiger partial charge is 0.319 e. The zero-order valence-corrected chi connectivity index (χ0v) is 22.5. The van der Waals surface area contributed by atoms with Gasteiger partial charge in [-0.05, 0) is 92.1 Å². The van der Waals surface area contributed by atoms with Gasteiger partial charge in [-0.1, -0.05) is 61.7 Å². The van der Waals surface area contributed by atoms with Gasteiger partial charge in [0.1, 0.15) is 18.4 Å². The molecule has 1 fully saturated rings. The maximum Gasteiger partial charge on any atom is 0.319 e. The Balaban J connectivity index is 1.29. The second kappa shape index (κ2) is 14.9. The number of nitrogens with two attached hydrogens (primary N) is 1. The van der Waals surface area contributed by atoms with E-state index in [2.05, 4.69) is 28.1 Å². The number of hydrogen-bond donors (Lipinski definition) is 4. The summed E-state index contributed by atoms with van der Waals surface area (Å²) in [7, 11) is 0. The summed E-state index contributed by atoms with van der Waals surface area (Å²) in [5, 5.41) is 8.62. The van der Waals surface area contributed by atoms with Crippen molar-refractivity contribution in [1.29, 1.82) is 0 Å². The van der Waals surface area contributed by atoms with E-state index in [9.17, 15) is 9.59 Å². The van der Waals surface area contributed by atoms with Crippen molar-refractivity contribution in [2.24, 2.45) is 5.73 Å². The van der Waals surface area contributed by atoms with Gasteiger partial charge in [-0.15, -0.1) is 0 Å². The second-order valence-electron chi connectivity index (χ2n) is 10.2. The fourth-order valence-electron chi connectivity index (χ4n) is 4.97. The van der Waals surface area contributed by atoms with E-state index in [1.165, 1.54) is 37.7 Å². The molecule has 3 aromatic carbocycles. The van der Waals surface area contributed by atoms with E-state index >= 15 is 0 Å². The molecule has 39 heavy (non-hydrogen) atoms. The lowest BCUT2D eigenvalue weighted by atomic mass is 9.84. The van der Waals surface area contributed by atoms with Crippen molar-refractivity contribution >= 4 is 23.3 Å². The minimum absolute atomic E-state index is 0.239. The van der Waals surface area contributed by atoms with Crippen LogP contribution >= 0.6 is 0 Å². The molecule has 7 heteroatoms. The van der Waals surface area contributed by atoms with Crippen molar-refractivity contribution in [2.45, 2.75) is 69.9 Å². The van der Waals surface area contributed by atoms with Crippen LogP contribution in [0.2, 0.25) is 0 Å². The van der Waals surface area contributed by atoms with Crippen LogP contribution in [-0.4, -0.2) is 24.5 Å². The van der Waals surface area contributed by atoms with Crippen LogP contribution in [0.25, 0.3) is 0 Å². The molecule has 0 saturated heterocycles. The maximum atomic E-state index is 13.1. The summed E-state index contributed by atoms with van der Waals surface area (Å²) in [6.45, 7) is 1.01. The molecular formula is C32H40N4O3. The molecule has 1 aliphatic carbocycles. The Kier molecular flexibility index (Phi) is 10.8. The number of ether oxygens (including phenoxy) is 1. The predicted octanol–water partition coefficient (Wildman–Crippen LogP) is 6.57. The molecule has 1 aliphatic rings. The first-order valence-corrected chi connectivity index (χ1v) is 14.1. The highest BCUT2D eigenvalue weighted by molar-refractivity contribution is 5.99. The van der Waals surface area contributed by atoms with Crippen molar-refractivity contribution < 1.29 is 14.3 Å². The number of carbonyl (C=O) groups is 2.